The van der Waals surface area contributed by atoms with Crippen molar-refractivity contribution in [2.45, 2.75) is 66.1 Å². The molecule has 1 saturated carbocycles. The Labute approximate surface area is 112 Å². The highest BCUT2D eigenvalue weighted by molar-refractivity contribution is 5.21. The van der Waals surface area contributed by atoms with Gasteiger partial charge in [0.1, 0.15) is 0 Å². The summed E-state index contributed by atoms with van der Waals surface area (Å²) in [5.41, 5.74) is 2.91. The molecule has 1 unspecified atom stereocenters. The van der Waals surface area contributed by atoms with Crippen LogP contribution in [0.15, 0.2) is 12.3 Å². The van der Waals surface area contributed by atoms with Gasteiger partial charge in [-0.1, -0.05) is 20.8 Å². The van der Waals surface area contributed by atoms with Crippen LogP contribution in [-0.4, -0.2) is 10.6 Å². The maximum Gasteiger partial charge on any atom is 0.0248 e. The van der Waals surface area contributed by atoms with Crippen molar-refractivity contribution in [3.8, 4) is 0 Å². The van der Waals surface area contributed by atoms with E-state index in [1.807, 2.05) is 0 Å². The molecule has 0 amide bonds. The van der Waals surface area contributed by atoms with Crippen molar-refractivity contribution < 1.29 is 0 Å². The summed E-state index contributed by atoms with van der Waals surface area (Å²) in [7, 11) is 0. The van der Waals surface area contributed by atoms with E-state index in [-0.39, 0.29) is 0 Å². The number of hydrogen-bond donors (Lipinski definition) is 1. The lowest BCUT2D eigenvalue weighted by Crippen LogP contribution is -2.16. The molecule has 1 aliphatic rings. The van der Waals surface area contributed by atoms with Crippen molar-refractivity contribution in [3.05, 3.63) is 23.5 Å². The van der Waals surface area contributed by atoms with Crippen LogP contribution in [0, 0.1) is 18.8 Å². The third-order valence-corrected chi connectivity index (χ3v) is 3.89. The molecule has 1 heterocycles. The SMILES string of the molecule is Cc1c(CNC2CC2)ccn1CC(C)CC(C)C. The fourth-order valence-electron chi connectivity index (χ4n) is 2.74. The maximum atomic E-state index is 3.60. The minimum Gasteiger partial charge on any atom is -0.351 e. The van der Waals surface area contributed by atoms with Crippen LogP contribution in [0.4, 0.5) is 0 Å². The molecule has 2 heteroatoms. The van der Waals surface area contributed by atoms with E-state index in [9.17, 15) is 0 Å². The van der Waals surface area contributed by atoms with Gasteiger partial charge in [0, 0.05) is 31.0 Å². The Morgan fingerprint density at radius 2 is 2.06 bits per heavy atom. The van der Waals surface area contributed by atoms with E-state index in [1.54, 1.807) is 0 Å². The van der Waals surface area contributed by atoms with Crippen LogP contribution in [-0.2, 0) is 13.1 Å². The van der Waals surface area contributed by atoms with E-state index in [0.29, 0.717) is 0 Å². The van der Waals surface area contributed by atoms with Gasteiger partial charge >= 0.3 is 0 Å². The molecule has 0 radical (unpaired) electrons. The molecule has 0 aliphatic heterocycles. The van der Waals surface area contributed by atoms with Crippen LogP contribution < -0.4 is 5.32 Å². The summed E-state index contributed by atoms with van der Waals surface area (Å²) in [6.45, 7) is 11.4. The van der Waals surface area contributed by atoms with Crippen LogP contribution in [0.1, 0.15) is 51.3 Å². The van der Waals surface area contributed by atoms with Crippen molar-refractivity contribution in [3.63, 3.8) is 0 Å². The van der Waals surface area contributed by atoms with Crippen molar-refractivity contribution in [1.82, 2.24) is 9.88 Å². The zero-order valence-corrected chi connectivity index (χ0v) is 12.4. The minimum atomic E-state index is 0.764. The summed E-state index contributed by atoms with van der Waals surface area (Å²) >= 11 is 0. The average molecular weight is 248 g/mol. The molecule has 1 aromatic heterocycles. The molecule has 1 aliphatic carbocycles. The average Bonchev–Trinajstić information content (AvgIpc) is 3.04. The third-order valence-electron chi connectivity index (χ3n) is 3.89. The lowest BCUT2D eigenvalue weighted by Gasteiger charge is -2.16. The Kier molecular flexibility index (Phi) is 4.50. The highest BCUT2D eigenvalue weighted by Crippen LogP contribution is 2.21. The Balaban J connectivity index is 1.87. The molecule has 2 nitrogen and oxygen atoms in total. The van der Waals surface area contributed by atoms with Crippen LogP contribution in [0.2, 0.25) is 0 Å². The molecular formula is C16H28N2. The van der Waals surface area contributed by atoms with E-state index in [1.165, 1.54) is 30.5 Å². The summed E-state index contributed by atoms with van der Waals surface area (Å²) in [6, 6.07) is 3.08. The molecule has 1 atom stereocenters. The number of rotatable bonds is 7. The molecule has 1 fully saturated rings. The van der Waals surface area contributed by atoms with Crippen LogP contribution in [0.25, 0.3) is 0 Å². The van der Waals surface area contributed by atoms with Gasteiger partial charge in [0.15, 0.2) is 0 Å². The Hall–Kier alpha value is -0.760. The van der Waals surface area contributed by atoms with E-state index < -0.39 is 0 Å². The highest BCUT2D eigenvalue weighted by Gasteiger charge is 2.20. The predicted molar refractivity (Wildman–Crippen MR) is 77.6 cm³/mol. The first kappa shape index (κ1) is 13.7. The largest absolute Gasteiger partial charge is 0.351 e. The summed E-state index contributed by atoms with van der Waals surface area (Å²) in [6.07, 6.45) is 6.31. The van der Waals surface area contributed by atoms with E-state index in [2.05, 4.69) is 49.8 Å². The third kappa shape index (κ3) is 3.88. The molecule has 102 valence electrons. The summed E-state index contributed by atoms with van der Waals surface area (Å²) in [5, 5.41) is 3.60. The molecule has 1 N–H and O–H groups in total. The predicted octanol–water partition coefficient (Wildman–Crippen LogP) is 3.73. The molecule has 0 aromatic carbocycles. The second-order valence-electron chi connectivity index (χ2n) is 6.47. The van der Waals surface area contributed by atoms with Crippen LogP contribution >= 0.6 is 0 Å². The monoisotopic (exact) mass is 248 g/mol. The lowest BCUT2D eigenvalue weighted by atomic mass is 9.99. The molecule has 1 aromatic rings. The van der Waals surface area contributed by atoms with Crippen molar-refractivity contribution in [1.29, 1.82) is 0 Å². The van der Waals surface area contributed by atoms with Crippen LogP contribution in [0.3, 0.4) is 0 Å². The Morgan fingerprint density at radius 3 is 2.67 bits per heavy atom. The quantitative estimate of drug-likeness (QED) is 0.778. The standard InChI is InChI=1S/C16H28N2/c1-12(2)9-13(3)11-18-8-7-15(14(18)4)10-17-16-5-6-16/h7-8,12-13,16-17H,5-6,9-11H2,1-4H3. The maximum absolute atomic E-state index is 3.60. The first-order chi connectivity index (χ1) is 8.56. The van der Waals surface area contributed by atoms with Gasteiger partial charge in [-0.05, 0) is 49.7 Å². The second-order valence-corrected chi connectivity index (χ2v) is 6.47. The van der Waals surface area contributed by atoms with Gasteiger partial charge in [-0.25, -0.2) is 0 Å². The van der Waals surface area contributed by atoms with Gasteiger partial charge in [0.25, 0.3) is 0 Å². The first-order valence-electron chi connectivity index (χ1n) is 7.44. The molecule has 0 spiro atoms. The molecular weight excluding hydrogens is 220 g/mol. The summed E-state index contributed by atoms with van der Waals surface area (Å²) in [4.78, 5) is 0. The topological polar surface area (TPSA) is 17.0 Å². The van der Waals surface area contributed by atoms with Crippen LogP contribution in [0.5, 0.6) is 0 Å². The number of hydrogen-bond acceptors (Lipinski definition) is 1. The van der Waals surface area contributed by atoms with Gasteiger partial charge in [-0.15, -0.1) is 0 Å². The minimum absolute atomic E-state index is 0.764. The first-order valence-corrected chi connectivity index (χ1v) is 7.44. The molecule has 0 bridgehead atoms. The second kappa shape index (κ2) is 5.92. The Morgan fingerprint density at radius 1 is 1.33 bits per heavy atom. The molecule has 18 heavy (non-hydrogen) atoms. The summed E-state index contributed by atoms with van der Waals surface area (Å²) < 4.78 is 2.43. The van der Waals surface area contributed by atoms with Gasteiger partial charge in [-0.3, -0.25) is 0 Å². The van der Waals surface area contributed by atoms with E-state index in [0.717, 1.165) is 31.0 Å². The van der Waals surface area contributed by atoms with Gasteiger partial charge in [0.2, 0.25) is 0 Å². The zero-order chi connectivity index (χ0) is 13.1. The zero-order valence-electron chi connectivity index (χ0n) is 12.4. The van der Waals surface area contributed by atoms with Crippen molar-refractivity contribution >= 4 is 0 Å². The van der Waals surface area contributed by atoms with E-state index >= 15 is 0 Å². The normalized spacial score (nSPS) is 17.4. The fourth-order valence-corrected chi connectivity index (χ4v) is 2.74. The Bertz CT molecular complexity index is 374. The van der Waals surface area contributed by atoms with Gasteiger partial charge < -0.3 is 9.88 Å². The van der Waals surface area contributed by atoms with Gasteiger partial charge in [-0.2, -0.15) is 0 Å². The van der Waals surface area contributed by atoms with Crippen molar-refractivity contribution in [2.24, 2.45) is 11.8 Å². The highest BCUT2D eigenvalue weighted by atomic mass is 15.0. The molecule has 2 rings (SSSR count). The van der Waals surface area contributed by atoms with Crippen molar-refractivity contribution in [2.75, 3.05) is 0 Å². The summed E-state index contributed by atoms with van der Waals surface area (Å²) in [5.74, 6) is 1.56. The molecule has 0 saturated heterocycles. The number of aromatic nitrogens is 1. The smallest absolute Gasteiger partial charge is 0.0248 e. The van der Waals surface area contributed by atoms with Gasteiger partial charge in [0.05, 0.1) is 0 Å². The lowest BCUT2D eigenvalue weighted by molar-refractivity contribution is 0.387. The van der Waals surface area contributed by atoms with E-state index in [4.69, 9.17) is 0 Å². The number of nitrogens with zero attached hydrogens (tertiary/aromatic N) is 1. The fraction of sp³-hybridized carbons (Fsp3) is 0.750. The number of nitrogens with one attached hydrogen (secondary N) is 1.